The maximum atomic E-state index is 4.96. The molecule has 6 rings (SSSR count). The molecule has 0 aliphatic carbocycles. The summed E-state index contributed by atoms with van der Waals surface area (Å²) in [6, 6.07) is 0. The van der Waals surface area contributed by atoms with Crippen LogP contribution in [0, 0.1) is 83.1 Å². The maximum absolute atomic E-state index is 4.96. The minimum Gasteiger partial charge on any atom is -0.172 e. The van der Waals surface area contributed by atoms with Gasteiger partial charge in [0, 0.05) is 50.1 Å². The third-order valence-electron chi connectivity index (χ3n) is 9.41. The van der Waals surface area contributed by atoms with E-state index in [-0.39, 0.29) is 0 Å². The van der Waals surface area contributed by atoms with Crippen molar-refractivity contribution >= 4 is 68.1 Å². The number of aromatic nitrogens is 2. The first-order valence-electron chi connectivity index (χ1n) is 13.9. The molecule has 1 aromatic carbocycles. The van der Waals surface area contributed by atoms with E-state index in [2.05, 4.69) is 83.1 Å². The number of rotatable bonds is 4. The lowest BCUT2D eigenvalue weighted by atomic mass is 9.91. The zero-order chi connectivity index (χ0) is 29.7. The summed E-state index contributed by atoms with van der Waals surface area (Å²) in [5.74, 6) is 0. The van der Waals surface area contributed by atoms with Gasteiger partial charge in [0.2, 0.25) is 0 Å². The summed E-state index contributed by atoms with van der Waals surface area (Å²) in [4.78, 5) is 11.1. The van der Waals surface area contributed by atoms with E-state index in [9.17, 15) is 0 Å². The van der Waals surface area contributed by atoms with Crippen LogP contribution < -0.4 is 0 Å². The second-order valence-electron chi connectivity index (χ2n) is 11.5. The number of aryl methyl sites for hydroxylation is 2. The third-order valence-corrected chi connectivity index (χ3v) is 15.7. The Kier molecular flexibility index (Phi) is 7.22. The van der Waals surface area contributed by atoms with Crippen LogP contribution in [0.15, 0.2) is 0 Å². The van der Waals surface area contributed by atoms with E-state index in [1.54, 1.807) is 0 Å². The highest BCUT2D eigenvalue weighted by molar-refractivity contribution is 7.25. The molecule has 41 heavy (non-hydrogen) atoms. The molecule has 5 heterocycles. The first kappa shape index (κ1) is 28.9. The number of nitrogens with zero attached hydrogens (tertiary/aromatic N) is 2. The molecule has 5 aromatic heterocycles. The predicted octanol–water partition coefficient (Wildman–Crippen LogP) is 12.3. The van der Waals surface area contributed by atoms with Gasteiger partial charge in [0.15, 0.2) is 0 Å². The molecule has 0 saturated carbocycles. The topological polar surface area (TPSA) is 25.8 Å². The van der Waals surface area contributed by atoms with Crippen molar-refractivity contribution < 1.29 is 0 Å². The van der Waals surface area contributed by atoms with Gasteiger partial charge in [-0.2, -0.15) is 8.75 Å². The van der Waals surface area contributed by atoms with Gasteiger partial charge >= 0.3 is 0 Å². The fourth-order valence-electron chi connectivity index (χ4n) is 5.82. The van der Waals surface area contributed by atoms with Crippen molar-refractivity contribution in [1.29, 1.82) is 0 Å². The molecule has 0 N–H and O–H groups in total. The lowest BCUT2D eigenvalue weighted by molar-refractivity contribution is 1.33. The Bertz CT molecular complexity index is 1880. The number of benzene rings is 1. The molecule has 6 aromatic rings. The van der Waals surface area contributed by atoms with Crippen LogP contribution in [0.3, 0.4) is 0 Å². The predicted molar refractivity (Wildman–Crippen MR) is 188 cm³/mol. The van der Waals surface area contributed by atoms with Crippen LogP contribution in [0.1, 0.15) is 65.4 Å². The van der Waals surface area contributed by atoms with Gasteiger partial charge in [-0.25, -0.2) is 0 Å². The van der Waals surface area contributed by atoms with Crippen molar-refractivity contribution in [3.8, 4) is 40.4 Å². The minimum absolute atomic E-state index is 1.05. The number of hydrogen-bond acceptors (Lipinski definition) is 7. The van der Waals surface area contributed by atoms with Gasteiger partial charge in [-0.05, 0) is 139 Å². The average molecular weight is 633 g/mol. The van der Waals surface area contributed by atoms with Crippen LogP contribution in [0.2, 0.25) is 0 Å². The van der Waals surface area contributed by atoms with Crippen LogP contribution >= 0.6 is 57.1 Å². The summed E-state index contributed by atoms with van der Waals surface area (Å²) < 4.78 is 9.93. The van der Waals surface area contributed by atoms with Gasteiger partial charge in [-0.3, -0.25) is 0 Å². The summed E-state index contributed by atoms with van der Waals surface area (Å²) in [5, 5.41) is 0. The van der Waals surface area contributed by atoms with E-state index in [0.717, 1.165) is 11.0 Å². The second-order valence-corrected chi connectivity index (χ2v) is 16.5. The summed E-state index contributed by atoms with van der Waals surface area (Å²) in [5.41, 5.74) is 18.4. The van der Waals surface area contributed by atoms with E-state index in [4.69, 9.17) is 8.75 Å². The van der Waals surface area contributed by atoms with E-state index in [0.29, 0.717) is 0 Å². The van der Waals surface area contributed by atoms with E-state index >= 15 is 0 Å². The molecule has 0 atom stereocenters. The van der Waals surface area contributed by atoms with Crippen LogP contribution in [0.5, 0.6) is 0 Å². The average Bonchev–Trinajstić information content (AvgIpc) is 3.72. The van der Waals surface area contributed by atoms with Gasteiger partial charge in [-0.1, -0.05) is 0 Å². The van der Waals surface area contributed by atoms with Crippen molar-refractivity contribution in [2.24, 2.45) is 0 Å². The summed E-state index contributed by atoms with van der Waals surface area (Å²) in [6.45, 7) is 27.3. The molecule has 212 valence electrons. The number of thiophene rings is 4. The fourth-order valence-corrected chi connectivity index (χ4v) is 12.0. The molecule has 0 spiro atoms. The Balaban J connectivity index is 1.58. The molecule has 0 unspecified atom stereocenters. The highest BCUT2D eigenvalue weighted by Crippen LogP contribution is 2.52. The van der Waals surface area contributed by atoms with Gasteiger partial charge in [-0.15, -0.1) is 45.3 Å². The van der Waals surface area contributed by atoms with Crippen LogP contribution in [0.25, 0.3) is 51.4 Å². The molecule has 2 nitrogen and oxygen atoms in total. The van der Waals surface area contributed by atoms with Crippen LogP contribution in [-0.2, 0) is 0 Å². The monoisotopic (exact) mass is 632 g/mol. The van der Waals surface area contributed by atoms with Crippen LogP contribution in [0.4, 0.5) is 0 Å². The minimum atomic E-state index is 1.05. The standard InChI is InChI=1S/C34H36N2S5/c1-13-17(5)31(37-23(13)11)33-21(9)19(7)29(39-33)25-15(3)16(4)26(28-27(25)35-41-36-28)30-20(8)22(10)34(40-30)32-18(6)14(2)24(12)38-32/h1-12H3. The van der Waals surface area contributed by atoms with E-state index < -0.39 is 0 Å². The Hall–Kier alpha value is -2.16. The van der Waals surface area contributed by atoms with Gasteiger partial charge in [0.25, 0.3) is 0 Å². The second kappa shape index (κ2) is 10.2. The van der Waals surface area contributed by atoms with Crippen molar-refractivity contribution in [3.05, 3.63) is 65.4 Å². The highest BCUT2D eigenvalue weighted by Gasteiger charge is 2.28. The summed E-state index contributed by atoms with van der Waals surface area (Å²) >= 11 is 9.08. The van der Waals surface area contributed by atoms with Crippen molar-refractivity contribution in [3.63, 3.8) is 0 Å². The summed E-state index contributed by atoms with van der Waals surface area (Å²) in [7, 11) is 0. The Labute approximate surface area is 264 Å². The first-order chi connectivity index (χ1) is 19.3. The fraction of sp³-hybridized carbons (Fsp3) is 0.353. The highest BCUT2D eigenvalue weighted by atomic mass is 32.1. The Morgan fingerprint density at radius 2 is 0.610 bits per heavy atom. The van der Waals surface area contributed by atoms with E-state index in [1.165, 1.54) is 118 Å². The normalized spacial score (nSPS) is 11.9. The van der Waals surface area contributed by atoms with Crippen LogP contribution in [-0.4, -0.2) is 8.75 Å². The lowest BCUT2D eigenvalue weighted by Crippen LogP contribution is -1.95. The van der Waals surface area contributed by atoms with Gasteiger partial charge < -0.3 is 0 Å². The number of hydrogen-bond donors (Lipinski definition) is 0. The lowest BCUT2D eigenvalue weighted by Gasteiger charge is -2.15. The first-order valence-corrected chi connectivity index (χ1v) is 17.9. The molecular formula is C34H36N2S5. The number of fused-ring (bicyclic) bond motifs is 1. The third kappa shape index (κ3) is 4.18. The van der Waals surface area contributed by atoms with Crippen molar-refractivity contribution in [1.82, 2.24) is 8.75 Å². The zero-order valence-corrected chi connectivity index (χ0v) is 30.0. The van der Waals surface area contributed by atoms with Gasteiger partial charge in [0.05, 0.1) is 11.7 Å². The molecule has 0 fully saturated rings. The quantitative estimate of drug-likeness (QED) is 0.193. The molecule has 0 bridgehead atoms. The Morgan fingerprint density at radius 1 is 0.317 bits per heavy atom. The largest absolute Gasteiger partial charge is 0.172 e. The van der Waals surface area contributed by atoms with Crippen molar-refractivity contribution in [2.45, 2.75) is 83.1 Å². The maximum Gasteiger partial charge on any atom is 0.114 e. The molecule has 0 aliphatic heterocycles. The van der Waals surface area contributed by atoms with Gasteiger partial charge in [0.1, 0.15) is 11.0 Å². The summed E-state index contributed by atoms with van der Waals surface area (Å²) in [6.07, 6.45) is 0. The smallest absolute Gasteiger partial charge is 0.114 e. The molecular weight excluding hydrogens is 597 g/mol. The molecule has 0 amide bonds. The zero-order valence-electron chi connectivity index (χ0n) is 25.9. The Morgan fingerprint density at radius 3 is 0.927 bits per heavy atom. The molecule has 0 radical (unpaired) electrons. The molecule has 7 heteroatoms. The van der Waals surface area contributed by atoms with E-state index in [1.807, 2.05) is 45.3 Å². The SMILES string of the molecule is Cc1sc(-c2sc(-c3c(C)c(C)c(-c4sc(-c5sc(C)c(C)c5C)c(C)c4C)c4nsnc34)c(C)c2C)c(C)c1C. The molecule has 0 aliphatic rings. The molecule has 0 saturated heterocycles. The van der Waals surface area contributed by atoms with Crippen molar-refractivity contribution in [2.75, 3.05) is 0 Å².